The molecule has 0 saturated carbocycles. The van der Waals surface area contributed by atoms with E-state index >= 15 is 0 Å². The zero-order valence-corrected chi connectivity index (χ0v) is 15.5. The number of rotatable bonds is 8. The van der Waals surface area contributed by atoms with E-state index in [2.05, 4.69) is 10.9 Å². The van der Waals surface area contributed by atoms with Crippen molar-refractivity contribution in [3.05, 3.63) is 35.6 Å². The van der Waals surface area contributed by atoms with Gasteiger partial charge in [-0.25, -0.2) is 4.39 Å². The minimum atomic E-state index is -0.802. The fraction of sp³-hybridized carbons (Fsp3) is 0.632. The molecule has 0 aliphatic carbocycles. The molecule has 1 fully saturated rings. The van der Waals surface area contributed by atoms with E-state index in [0.29, 0.717) is 6.04 Å². The Morgan fingerprint density at radius 2 is 1.92 bits per heavy atom. The molecule has 6 heteroatoms. The highest BCUT2D eigenvalue weighted by molar-refractivity contribution is 5.84. The number of nitrogens with two attached hydrogens (primary N) is 1. The van der Waals surface area contributed by atoms with Crippen LogP contribution in [0.4, 0.5) is 4.39 Å². The third-order valence-electron chi connectivity index (χ3n) is 4.70. The van der Waals surface area contributed by atoms with Crippen LogP contribution in [0, 0.1) is 5.82 Å². The summed E-state index contributed by atoms with van der Waals surface area (Å²) in [6, 6.07) is 7.35. The molecule has 1 aromatic rings. The molecule has 0 radical (unpaired) electrons. The summed E-state index contributed by atoms with van der Waals surface area (Å²) in [5.41, 5.74) is 12.8. The highest BCUT2D eigenvalue weighted by Gasteiger charge is 2.26. The van der Waals surface area contributed by atoms with Crippen molar-refractivity contribution in [1.82, 2.24) is 15.8 Å². The zero-order chi connectivity index (χ0) is 18.4. The van der Waals surface area contributed by atoms with Gasteiger partial charge in [0, 0.05) is 25.7 Å². The van der Waals surface area contributed by atoms with E-state index in [4.69, 9.17) is 5.73 Å². The first-order valence-electron chi connectivity index (χ1n) is 9.08. The van der Waals surface area contributed by atoms with Crippen LogP contribution in [0.3, 0.4) is 0 Å². The maximum Gasteiger partial charge on any atom is 0.241 e. The third-order valence-corrected chi connectivity index (χ3v) is 4.70. The Bertz CT molecular complexity index is 556. The van der Waals surface area contributed by atoms with Gasteiger partial charge in [-0.1, -0.05) is 25.0 Å². The largest absolute Gasteiger partial charge is 0.344 e. The van der Waals surface area contributed by atoms with Crippen LogP contribution < -0.4 is 16.6 Å². The van der Waals surface area contributed by atoms with Crippen molar-refractivity contribution in [2.24, 2.45) is 5.73 Å². The van der Waals surface area contributed by atoms with Crippen LogP contribution in [0.1, 0.15) is 57.6 Å². The van der Waals surface area contributed by atoms with Crippen LogP contribution in [0.15, 0.2) is 24.3 Å². The monoisotopic (exact) mass is 350 g/mol. The van der Waals surface area contributed by atoms with Crippen molar-refractivity contribution < 1.29 is 9.18 Å². The van der Waals surface area contributed by atoms with Crippen molar-refractivity contribution in [3.63, 3.8) is 0 Å². The number of halogens is 1. The molecule has 0 aromatic heterocycles. The molecule has 1 aliphatic rings. The number of benzene rings is 1. The molecule has 0 bridgehead atoms. The number of likely N-dealkylation sites (N-methyl/N-ethyl adjacent to an activating group) is 1. The van der Waals surface area contributed by atoms with E-state index in [-0.39, 0.29) is 17.8 Å². The molecule has 1 amide bonds. The maximum atomic E-state index is 13.0. The number of nitrogens with one attached hydrogen (secondary N) is 2. The Balaban J connectivity index is 1.62. The van der Waals surface area contributed by atoms with Crippen LogP contribution in [0.5, 0.6) is 0 Å². The Hall–Kier alpha value is -1.50. The van der Waals surface area contributed by atoms with Crippen molar-refractivity contribution in [2.75, 3.05) is 13.6 Å². The first kappa shape index (κ1) is 19.8. The molecule has 25 heavy (non-hydrogen) atoms. The molecule has 5 nitrogen and oxygen atoms in total. The van der Waals surface area contributed by atoms with Crippen molar-refractivity contribution >= 4 is 5.91 Å². The summed E-state index contributed by atoms with van der Waals surface area (Å²) in [6.07, 6.45) is 5.28. The molecule has 1 aromatic carbocycles. The predicted molar refractivity (Wildman–Crippen MR) is 98.2 cm³/mol. The Kier molecular flexibility index (Phi) is 6.93. The molecule has 1 aliphatic heterocycles. The molecule has 0 spiro atoms. The third kappa shape index (κ3) is 6.06. The first-order chi connectivity index (χ1) is 11.8. The predicted octanol–water partition coefficient (Wildman–Crippen LogP) is 2.49. The van der Waals surface area contributed by atoms with Gasteiger partial charge in [0.1, 0.15) is 5.82 Å². The van der Waals surface area contributed by atoms with Gasteiger partial charge >= 0.3 is 0 Å². The Morgan fingerprint density at radius 3 is 2.56 bits per heavy atom. The maximum absolute atomic E-state index is 13.0. The second kappa shape index (κ2) is 8.74. The average molecular weight is 350 g/mol. The summed E-state index contributed by atoms with van der Waals surface area (Å²) in [5, 5.41) is 0. The highest BCUT2D eigenvalue weighted by atomic mass is 19.1. The average Bonchev–Trinajstić information content (AvgIpc) is 3.02. The number of hydrazine groups is 1. The molecular formula is C19H31FN4O. The highest BCUT2D eigenvalue weighted by Crippen LogP contribution is 2.24. The second-order valence-electron chi connectivity index (χ2n) is 7.62. The van der Waals surface area contributed by atoms with Gasteiger partial charge in [0.05, 0.1) is 5.54 Å². The summed E-state index contributed by atoms with van der Waals surface area (Å²) in [5.74, 6) is -0.218. The number of nitrogens with zero attached hydrogens (tertiary/aromatic N) is 1. The van der Waals surface area contributed by atoms with E-state index in [1.807, 2.05) is 19.2 Å². The molecule has 140 valence electrons. The van der Waals surface area contributed by atoms with Crippen LogP contribution >= 0.6 is 0 Å². The van der Waals surface area contributed by atoms with Crippen molar-refractivity contribution in [3.8, 4) is 0 Å². The van der Waals surface area contributed by atoms with Crippen LogP contribution in [0.2, 0.25) is 0 Å². The molecular weight excluding hydrogens is 319 g/mol. The number of unbranched alkanes of at least 4 members (excludes halogenated alkanes) is 2. The molecule has 2 unspecified atom stereocenters. The molecule has 1 heterocycles. The summed E-state index contributed by atoms with van der Waals surface area (Å²) in [6.45, 7) is 4.22. The fourth-order valence-electron chi connectivity index (χ4n) is 3.24. The smallest absolute Gasteiger partial charge is 0.241 e. The first-order valence-corrected chi connectivity index (χ1v) is 9.08. The number of hydrogen-bond donors (Lipinski definition) is 3. The summed E-state index contributed by atoms with van der Waals surface area (Å²) in [4.78, 5) is 13.7. The number of carbonyl (C=O) groups excluding carboxylic acids is 1. The Labute approximate surface area is 150 Å². The number of hydrogen-bond acceptors (Lipinski definition) is 4. The Morgan fingerprint density at radius 1 is 1.24 bits per heavy atom. The normalized spacial score (nSPS) is 20.7. The molecule has 1 saturated heterocycles. The van der Waals surface area contributed by atoms with Gasteiger partial charge < -0.3 is 10.6 Å². The summed E-state index contributed by atoms with van der Waals surface area (Å²) >= 11 is 0. The van der Waals surface area contributed by atoms with Crippen LogP contribution in [0.25, 0.3) is 0 Å². The zero-order valence-electron chi connectivity index (χ0n) is 15.5. The lowest BCUT2D eigenvalue weighted by Gasteiger charge is -2.25. The SMILES string of the molecule is CN(CCCCCC1CC(c2ccc(F)cc2)NN1)C(=O)C(C)(C)N. The van der Waals surface area contributed by atoms with E-state index in [0.717, 1.165) is 44.2 Å². The van der Waals surface area contributed by atoms with Crippen LogP contribution in [-0.4, -0.2) is 36.0 Å². The molecule has 4 N–H and O–H groups in total. The lowest BCUT2D eigenvalue weighted by Crippen LogP contribution is -2.49. The standard InChI is InChI=1S/C19H31FN4O/c1-19(2,21)18(25)24(3)12-6-4-5-7-16-13-17(23-22-16)14-8-10-15(20)11-9-14/h8-11,16-17,22-23H,4-7,12-13,21H2,1-3H3. The number of amides is 1. The van der Waals surface area contributed by atoms with Gasteiger partial charge in [-0.05, 0) is 50.8 Å². The van der Waals surface area contributed by atoms with Gasteiger partial charge in [0.25, 0.3) is 0 Å². The molecule has 2 rings (SSSR count). The van der Waals surface area contributed by atoms with Gasteiger partial charge in [-0.3, -0.25) is 15.6 Å². The second-order valence-corrected chi connectivity index (χ2v) is 7.62. The van der Waals surface area contributed by atoms with Gasteiger partial charge in [0.2, 0.25) is 5.91 Å². The minimum absolute atomic E-state index is 0.0173. The van der Waals surface area contributed by atoms with Gasteiger partial charge in [-0.15, -0.1) is 0 Å². The lowest BCUT2D eigenvalue weighted by molar-refractivity contribution is -0.134. The van der Waals surface area contributed by atoms with E-state index < -0.39 is 5.54 Å². The summed E-state index contributed by atoms with van der Waals surface area (Å²) in [7, 11) is 1.81. The van der Waals surface area contributed by atoms with E-state index in [9.17, 15) is 9.18 Å². The number of carbonyl (C=O) groups is 1. The topological polar surface area (TPSA) is 70.4 Å². The summed E-state index contributed by atoms with van der Waals surface area (Å²) < 4.78 is 13.0. The van der Waals surface area contributed by atoms with Crippen LogP contribution in [-0.2, 0) is 4.79 Å². The van der Waals surface area contributed by atoms with E-state index in [1.165, 1.54) is 12.1 Å². The quantitative estimate of drug-likeness (QED) is 0.630. The van der Waals surface area contributed by atoms with E-state index in [1.54, 1.807) is 18.7 Å². The molecule has 2 atom stereocenters. The van der Waals surface area contributed by atoms with Gasteiger partial charge in [0.15, 0.2) is 0 Å². The fourth-order valence-corrected chi connectivity index (χ4v) is 3.24. The van der Waals surface area contributed by atoms with Gasteiger partial charge in [-0.2, -0.15) is 0 Å². The van der Waals surface area contributed by atoms with Crippen molar-refractivity contribution in [2.45, 2.75) is 63.6 Å². The minimum Gasteiger partial charge on any atom is -0.344 e. The lowest BCUT2D eigenvalue weighted by atomic mass is 9.99. The van der Waals surface area contributed by atoms with Crippen molar-refractivity contribution in [1.29, 1.82) is 0 Å².